The summed E-state index contributed by atoms with van der Waals surface area (Å²) in [5, 5.41) is 0. The molecule has 1 aromatic heterocycles. The molecule has 0 aliphatic rings. The van der Waals surface area contributed by atoms with Crippen LogP contribution in [0.2, 0.25) is 0 Å². The molecule has 0 bridgehead atoms. The Morgan fingerprint density at radius 2 is 2.33 bits per heavy atom. The van der Waals surface area contributed by atoms with Gasteiger partial charge in [-0.3, -0.25) is 0 Å². The lowest BCUT2D eigenvalue weighted by Crippen LogP contribution is -2.27. The maximum atomic E-state index is 11.1. The van der Waals surface area contributed by atoms with Gasteiger partial charge >= 0.3 is 0 Å². The number of hydrogen-bond donors (Lipinski definition) is 1. The van der Waals surface area contributed by atoms with Crippen LogP contribution >= 0.6 is 11.8 Å². The Labute approximate surface area is 94.5 Å². The topological polar surface area (TPSA) is 59.3 Å². The molecule has 1 heterocycles. The second-order valence-electron chi connectivity index (χ2n) is 2.93. The Morgan fingerprint density at radius 1 is 1.53 bits per heavy atom. The zero-order valence-electron chi connectivity index (χ0n) is 8.60. The lowest BCUT2D eigenvalue weighted by Gasteiger charge is -2.03. The molecule has 0 fully saturated rings. The number of hydrogen-bond acceptors (Lipinski definition) is 4. The van der Waals surface area contributed by atoms with Gasteiger partial charge in [-0.15, -0.1) is 0 Å². The van der Waals surface area contributed by atoms with Crippen LogP contribution in [0.3, 0.4) is 0 Å². The van der Waals surface area contributed by atoms with Crippen molar-refractivity contribution in [1.82, 2.24) is 4.72 Å². The van der Waals surface area contributed by atoms with E-state index >= 15 is 0 Å². The Hall–Kier alpha value is -0.460. The summed E-state index contributed by atoms with van der Waals surface area (Å²) in [6.45, 7) is 2.10. The van der Waals surface area contributed by atoms with E-state index in [9.17, 15) is 8.42 Å². The second-order valence-corrected chi connectivity index (χ2v) is 6.13. The fraction of sp³-hybridized carbons (Fsp3) is 0.556. The Morgan fingerprint density at radius 3 is 2.93 bits per heavy atom. The summed E-state index contributed by atoms with van der Waals surface area (Å²) in [7, 11) is -3.04. The van der Waals surface area contributed by atoms with Crippen LogP contribution in [0.25, 0.3) is 0 Å². The van der Waals surface area contributed by atoms with Crippen molar-refractivity contribution < 1.29 is 12.8 Å². The third kappa shape index (κ3) is 5.25. The third-order valence-electron chi connectivity index (χ3n) is 1.77. The van der Waals surface area contributed by atoms with Gasteiger partial charge in [-0.1, -0.05) is 0 Å². The lowest BCUT2D eigenvalue weighted by atomic mass is 10.5. The van der Waals surface area contributed by atoms with Gasteiger partial charge in [0.05, 0.1) is 17.8 Å². The number of sulfonamides is 1. The Kier molecular flexibility index (Phi) is 5.21. The standard InChI is InChI=1S/C9H15NO3S2/c1-2-15(11,12)10-5-7-14-8-9-4-3-6-13-9/h3-4,6,10H,2,5,7-8H2,1H3. The van der Waals surface area contributed by atoms with Crippen LogP contribution in [-0.4, -0.2) is 26.5 Å². The highest BCUT2D eigenvalue weighted by molar-refractivity contribution is 7.98. The molecule has 1 aromatic rings. The van der Waals surface area contributed by atoms with Crippen molar-refractivity contribution in [3.63, 3.8) is 0 Å². The highest BCUT2D eigenvalue weighted by atomic mass is 32.2. The Balaban J connectivity index is 2.08. The first-order valence-corrected chi connectivity index (χ1v) is 7.52. The molecule has 0 unspecified atom stereocenters. The number of nitrogens with one attached hydrogen (secondary N) is 1. The molecule has 0 aliphatic carbocycles. The monoisotopic (exact) mass is 249 g/mol. The van der Waals surface area contributed by atoms with E-state index in [4.69, 9.17) is 4.42 Å². The van der Waals surface area contributed by atoms with Crippen LogP contribution in [0, 0.1) is 0 Å². The SMILES string of the molecule is CCS(=O)(=O)NCCSCc1ccco1. The first-order chi connectivity index (χ1) is 7.14. The van der Waals surface area contributed by atoms with Crippen molar-refractivity contribution >= 4 is 21.8 Å². The molecule has 0 saturated carbocycles. The summed E-state index contributed by atoms with van der Waals surface area (Å²) < 4.78 is 29.8. The molecule has 0 amide bonds. The number of thioether (sulfide) groups is 1. The van der Waals surface area contributed by atoms with Crippen LogP contribution in [-0.2, 0) is 15.8 Å². The lowest BCUT2D eigenvalue weighted by molar-refractivity contribution is 0.530. The zero-order chi connectivity index (χ0) is 11.1. The first-order valence-electron chi connectivity index (χ1n) is 4.71. The van der Waals surface area contributed by atoms with Crippen molar-refractivity contribution in [2.75, 3.05) is 18.1 Å². The van der Waals surface area contributed by atoms with Gasteiger partial charge in [0.25, 0.3) is 0 Å². The molecule has 1 N–H and O–H groups in total. The summed E-state index contributed by atoms with van der Waals surface area (Å²) >= 11 is 1.64. The van der Waals surface area contributed by atoms with Gasteiger partial charge in [0, 0.05) is 12.3 Å². The van der Waals surface area contributed by atoms with Crippen LogP contribution in [0.1, 0.15) is 12.7 Å². The highest BCUT2D eigenvalue weighted by Crippen LogP contribution is 2.11. The molecule has 0 saturated heterocycles. The van der Waals surface area contributed by atoms with Crippen molar-refractivity contribution in [3.8, 4) is 0 Å². The molecule has 86 valence electrons. The van der Waals surface area contributed by atoms with E-state index < -0.39 is 10.0 Å². The van der Waals surface area contributed by atoms with E-state index in [1.807, 2.05) is 12.1 Å². The molecule has 1 rings (SSSR count). The molecule has 0 spiro atoms. The van der Waals surface area contributed by atoms with Crippen LogP contribution < -0.4 is 4.72 Å². The molecule has 15 heavy (non-hydrogen) atoms. The van der Waals surface area contributed by atoms with E-state index in [-0.39, 0.29) is 5.75 Å². The summed E-state index contributed by atoms with van der Waals surface area (Å²) in [6, 6.07) is 3.75. The molecular weight excluding hydrogens is 234 g/mol. The van der Waals surface area contributed by atoms with E-state index in [0.717, 1.165) is 17.3 Å². The maximum Gasteiger partial charge on any atom is 0.211 e. The van der Waals surface area contributed by atoms with Gasteiger partial charge in [-0.05, 0) is 19.1 Å². The van der Waals surface area contributed by atoms with Gasteiger partial charge < -0.3 is 4.42 Å². The van der Waals surface area contributed by atoms with Gasteiger partial charge in [0.15, 0.2) is 0 Å². The number of rotatable bonds is 7. The third-order valence-corrected chi connectivity index (χ3v) is 4.16. The van der Waals surface area contributed by atoms with Crippen LogP contribution in [0.4, 0.5) is 0 Å². The molecule has 0 aromatic carbocycles. The van der Waals surface area contributed by atoms with E-state index in [0.29, 0.717) is 6.54 Å². The molecule has 0 radical (unpaired) electrons. The summed E-state index contributed by atoms with van der Waals surface area (Å²) in [5.41, 5.74) is 0. The zero-order valence-corrected chi connectivity index (χ0v) is 10.2. The largest absolute Gasteiger partial charge is 0.468 e. The quantitative estimate of drug-likeness (QED) is 0.743. The van der Waals surface area contributed by atoms with Gasteiger partial charge in [0.1, 0.15) is 5.76 Å². The summed E-state index contributed by atoms with van der Waals surface area (Å²) in [6.07, 6.45) is 1.63. The molecule has 4 nitrogen and oxygen atoms in total. The minimum Gasteiger partial charge on any atom is -0.468 e. The van der Waals surface area contributed by atoms with Crippen LogP contribution in [0.5, 0.6) is 0 Å². The first kappa shape index (κ1) is 12.6. The smallest absolute Gasteiger partial charge is 0.211 e. The average molecular weight is 249 g/mol. The number of furan rings is 1. The summed E-state index contributed by atoms with van der Waals surface area (Å²) in [4.78, 5) is 0. The molecule has 6 heteroatoms. The molecule has 0 aliphatic heterocycles. The van der Waals surface area contributed by atoms with E-state index in [1.165, 1.54) is 0 Å². The average Bonchev–Trinajstić information content (AvgIpc) is 2.70. The normalized spacial score (nSPS) is 11.8. The fourth-order valence-corrected chi connectivity index (χ4v) is 2.44. The van der Waals surface area contributed by atoms with Gasteiger partial charge in [0.2, 0.25) is 10.0 Å². The van der Waals surface area contributed by atoms with Gasteiger partial charge in [-0.2, -0.15) is 11.8 Å². The van der Waals surface area contributed by atoms with E-state index in [1.54, 1.807) is 24.9 Å². The molecule has 0 atom stereocenters. The van der Waals surface area contributed by atoms with Crippen molar-refractivity contribution in [2.24, 2.45) is 0 Å². The minimum atomic E-state index is -3.04. The predicted octanol–water partition coefficient (Wildman–Crippen LogP) is 1.45. The highest BCUT2D eigenvalue weighted by Gasteiger charge is 2.04. The van der Waals surface area contributed by atoms with Crippen molar-refractivity contribution in [2.45, 2.75) is 12.7 Å². The maximum absolute atomic E-state index is 11.1. The van der Waals surface area contributed by atoms with Crippen molar-refractivity contribution in [3.05, 3.63) is 24.2 Å². The predicted molar refractivity (Wildman–Crippen MR) is 62.3 cm³/mol. The fourth-order valence-electron chi connectivity index (χ4n) is 0.939. The van der Waals surface area contributed by atoms with Crippen LogP contribution in [0.15, 0.2) is 22.8 Å². The van der Waals surface area contributed by atoms with Gasteiger partial charge in [-0.25, -0.2) is 13.1 Å². The molecular formula is C9H15NO3S2. The van der Waals surface area contributed by atoms with Crippen molar-refractivity contribution in [1.29, 1.82) is 0 Å². The second kappa shape index (κ2) is 6.19. The summed E-state index contributed by atoms with van der Waals surface area (Å²) in [5.74, 6) is 2.58. The Bertz CT molecular complexity index is 359. The minimum absolute atomic E-state index is 0.135. The van der Waals surface area contributed by atoms with E-state index in [2.05, 4.69) is 4.72 Å².